The van der Waals surface area contributed by atoms with E-state index in [0.29, 0.717) is 0 Å². The van der Waals surface area contributed by atoms with Crippen molar-refractivity contribution in [2.75, 3.05) is 0 Å². The number of rotatable bonds is 0. The number of aliphatic hydroxyl groups excluding tert-OH is 1. The summed E-state index contributed by atoms with van der Waals surface area (Å²) in [6.45, 7) is 0. The van der Waals surface area contributed by atoms with Crippen molar-refractivity contribution in [1.29, 1.82) is 0 Å². The van der Waals surface area contributed by atoms with Crippen LogP contribution in [-0.2, 0) is 23.2 Å². The maximum absolute atomic E-state index is 10.0. The molecule has 0 amide bonds. The minimum atomic E-state index is -0.736. The SMILES string of the molecule is OC1[N-]c2ccccc2Cc2ccccc21.[Co]. The van der Waals surface area contributed by atoms with Gasteiger partial charge in [0.05, 0.1) is 0 Å². The monoisotopic (exact) mass is 269 g/mol. The van der Waals surface area contributed by atoms with Gasteiger partial charge in [0.1, 0.15) is 0 Å². The van der Waals surface area contributed by atoms with Crippen LogP contribution in [0.2, 0.25) is 0 Å². The summed E-state index contributed by atoms with van der Waals surface area (Å²) >= 11 is 0. The minimum absolute atomic E-state index is 0. The Balaban J connectivity index is 0.00000108. The van der Waals surface area contributed by atoms with Crippen LogP contribution in [0.1, 0.15) is 22.9 Å². The number of fused-ring (bicyclic) bond motifs is 2. The van der Waals surface area contributed by atoms with Crippen LogP contribution in [0.3, 0.4) is 0 Å². The Bertz CT molecular complexity index is 527. The number of para-hydroxylation sites is 1. The summed E-state index contributed by atoms with van der Waals surface area (Å²) in [5.74, 6) is 0. The molecule has 89 valence electrons. The number of nitrogens with zero attached hydrogens (tertiary/aromatic N) is 1. The summed E-state index contributed by atoms with van der Waals surface area (Å²) < 4.78 is 0. The molecule has 0 bridgehead atoms. The van der Waals surface area contributed by atoms with Gasteiger partial charge in [0, 0.05) is 23.0 Å². The van der Waals surface area contributed by atoms with E-state index in [2.05, 4.69) is 17.4 Å². The fraction of sp³-hybridized carbons (Fsp3) is 0.143. The van der Waals surface area contributed by atoms with Gasteiger partial charge < -0.3 is 10.4 Å². The molecule has 3 heteroatoms. The standard InChI is InChI=1S/C14H12NO.Co/c16-14-12-7-3-1-5-10(12)9-11-6-2-4-8-13(11)15-14;/h1-8,14,16H,9H2;/q-1;. The van der Waals surface area contributed by atoms with Crippen molar-refractivity contribution in [1.82, 2.24) is 0 Å². The molecule has 1 heterocycles. The number of benzene rings is 2. The summed E-state index contributed by atoms with van der Waals surface area (Å²) in [5, 5.41) is 14.4. The van der Waals surface area contributed by atoms with Crippen LogP contribution < -0.4 is 0 Å². The molecule has 0 spiro atoms. The van der Waals surface area contributed by atoms with E-state index in [9.17, 15) is 5.11 Å². The quantitative estimate of drug-likeness (QED) is 0.782. The van der Waals surface area contributed by atoms with Gasteiger partial charge in [0.25, 0.3) is 0 Å². The molecule has 0 saturated carbocycles. The first kappa shape index (κ1) is 12.2. The minimum Gasteiger partial charge on any atom is -0.656 e. The maximum Gasteiger partial charge on any atom is 0.0102 e. The largest absolute Gasteiger partial charge is 0.656 e. The molecule has 0 fully saturated rings. The Morgan fingerprint density at radius 3 is 2.41 bits per heavy atom. The average Bonchev–Trinajstić information content (AvgIpc) is 2.45. The first-order valence-corrected chi connectivity index (χ1v) is 5.39. The molecular weight excluding hydrogens is 257 g/mol. The molecule has 2 aromatic rings. The second kappa shape index (κ2) is 4.92. The van der Waals surface area contributed by atoms with E-state index < -0.39 is 6.23 Å². The molecule has 0 saturated heterocycles. The van der Waals surface area contributed by atoms with Crippen LogP contribution in [0.25, 0.3) is 5.32 Å². The van der Waals surface area contributed by atoms with E-state index in [1.165, 1.54) is 5.56 Å². The van der Waals surface area contributed by atoms with Crippen molar-refractivity contribution in [3.05, 3.63) is 70.5 Å². The molecule has 1 aliphatic heterocycles. The smallest absolute Gasteiger partial charge is 0.0102 e. The van der Waals surface area contributed by atoms with Crippen LogP contribution in [0, 0.1) is 0 Å². The van der Waals surface area contributed by atoms with Gasteiger partial charge in [-0.3, -0.25) is 0 Å². The Labute approximate surface area is 111 Å². The molecule has 2 nitrogen and oxygen atoms in total. The molecule has 2 aromatic carbocycles. The second-order valence-electron chi connectivity index (χ2n) is 4.01. The molecule has 1 unspecified atom stereocenters. The van der Waals surface area contributed by atoms with Gasteiger partial charge in [-0.1, -0.05) is 54.1 Å². The Kier molecular flexibility index (Phi) is 3.52. The Hall–Kier alpha value is -1.29. The van der Waals surface area contributed by atoms with Gasteiger partial charge in [-0.25, -0.2) is 0 Å². The van der Waals surface area contributed by atoms with Crippen LogP contribution in [0.15, 0.2) is 48.5 Å². The van der Waals surface area contributed by atoms with Crippen LogP contribution in [0.5, 0.6) is 0 Å². The van der Waals surface area contributed by atoms with Crippen molar-refractivity contribution in [2.45, 2.75) is 12.6 Å². The molecule has 1 atom stereocenters. The summed E-state index contributed by atoms with van der Waals surface area (Å²) in [4.78, 5) is 0. The van der Waals surface area contributed by atoms with Crippen LogP contribution in [-0.4, -0.2) is 5.11 Å². The summed E-state index contributed by atoms with van der Waals surface area (Å²) in [7, 11) is 0. The molecule has 1 radical (unpaired) electrons. The molecule has 0 aliphatic carbocycles. The first-order chi connectivity index (χ1) is 7.84. The third-order valence-electron chi connectivity index (χ3n) is 2.97. The van der Waals surface area contributed by atoms with E-state index in [1.54, 1.807) is 0 Å². The van der Waals surface area contributed by atoms with E-state index >= 15 is 0 Å². The van der Waals surface area contributed by atoms with Crippen molar-refractivity contribution < 1.29 is 21.9 Å². The Morgan fingerprint density at radius 1 is 0.941 bits per heavy atom. The van der Waals surface area contributed by atoms with Crippen LogP contribution in [0.4, 0.5) is 5.69 Å². The van der Waals surface area contributed by atoms with Gasteiger partial charge in [-0.05, 0) is 17.5 Å². The molecule has 1 N–H and O–H groups in total. The molecule has 0 aromatic heterocycles. The third kappa shape index (κ3) is 2.22. The third-order valence-corrected chi connectivity index (χ3v) is 2.97. The molecule has 3 rings (SSSR count). The van der Waals surface area contributed by atoms with Gasteiger partial charge >= 0.3 is 0 Å². The summed E-state index contributed by atoms with van der Waals surface area (Å²) in [6, 6.07) is 15.9. The van der Waals surface area contributed by atoms with E-state index in [1.807, 2.05) is 36.4 Å². The second-order valence-corrected chi connectivity index (χ2v) is 4.01. The molecule has 1 aliphatic rings. The fourth-order valence-corrected chi connectivity index (χ4v) is 2.14. The van der Waals surface area contributed by atoms with E-state index in [0.717, 1.165) is 23.2 Å². The van der Waals surface area contributed by atoms with Gasteiger partial charge in [-0.2, -0.15) is 0 Å². The average molecular weight is 269 g/mol. The zero-order chi connectivity index (χ0) is 11.0. The predicted octanol–water partition coefficient (Wildman–Crippen LogP) is 3.28. The number of hydrogen-bond acceptors (Lipinski definition) is 1. The first-order valence-electron chi connectivity index (χ1n) is 5.39. The summed E-state index contributed by atoms with van der Waals surface area (Å²) in [5.41, 5.74) is 4.14. The van der Waals surface area contributed by atoms with E-state index in [-0.39, 0.29) is 16.8 Å². The molecular formula is C14H12CoNO-. The van der Waals surface area contributed by atoms with E-state index in [4.69, 9.17) is 0 Å². The Morgan fingerprint density at radius 2 is 1.59 bits per heavy atom. The number of aliphatic hydroxyl groups is 1. The van der Waals surface area contributed by atoms with Crippen molar-refractivity contribution in [2.24, 2.45) is 0 Å². The van der Waals surface area contributed by atoms with Crippen molar-refractivity contribution >= 4 is 5.69 Å². The normalized spacial score (nSPS) is 16.9. The van der Waals surface area contributed by atoms with Crippen molar-refractivity contribution in [3.63, 3.8) is 0 Å². The number of hydrogen-bond donors (Lipinski definition) is 1. The zero-order valence-electron chi connectivity index (χ0n) is 9.13. The molecule has 17 heavy (non-hydrogen) atoms. The fourth-order valence-electron chi connectivity index (χ4n) is 2.14. The van der Waals surface area contributed by atoms with Gasteiger partial charge in [0.2, 0.25) is 0 Å². The van der Waals surface area contributed by atoms with Gasteiger partial charge in [0.15, 0.2) is 0 Å². The van der Waals surface area contributed by atoms with Crippen LogP contribution >= 0.6 is 0 Å². The zero-order valence-corrected chi connectivity index (χ0v) is 10.2. The topological polar surface area (TPSA) is 34.3 Å². The predicted molar refractivity (Wildman–Crippen MR) is 63.7 cm³/mol. The van der Waals surface area contributed by atoms with Gasteiger partial charge in [-0.15, -0.1) is 5.69 Å². The maximum atomic E-state index is 10.0. The van der Waals surface area contributed by atoms with Crippen molar-refractivity contribution in [3.8, 4) is 0 Å². The summed E-state index contributed by atoms with van der Waals surface area (Å²) in [6.07, 6.45) is 0.104.